The van der Waals surface area contributed by atoms with Gasteiger partial charge in [0.25, 0.3) is 0 Å². The van der Waals surface area contributed by atoms with Crippen LogP contribution in [0.15, 0.2) is 0 Å². The Morgan fingerprint density at radius 2 is 2.25 bits per heavy atom. The van der Waals surface area contributed by atoms with E-state index in [0.717, 1.165) is 32.6 Å². The van der Waals surface area contributed by atoms with Crippen molar-refractivity contribution < 1.29 is 4.79 Å². The lowest BCUT2D eigenvalue weighted by Crippen LogP contribution is -2.50. The maximum Gasteiger partial charge on any atom is 0.227 e. The summed E-state index contributed by atoms with van der Waals surface area (Å²) >= 11 is 0. The van der Waals surface area contributed by atoms with E-state index in [9.17, 15) is 4.79 Å². The minimum atomic E-state index is -0.0894. The third-order valence-electron chi connectivity index (χ3n) is 5.89. The van der Waals surface area contributed by atoms with Crippen LogP contribution in [0.2, 0.25) is 0 Å². The highest BCUT2D eigenvalue weighted by molar-refractivity contribution is 5.84. The van der Waals surface area contributed by atoms with E-state index in [1.165, 1.54) is 38.6 Å². The average Bonchev–Trinajstić information content (AvgIpc) is 3.11. The van der Waals surface area contributed by atoms with Gasteiger partial charge < -0.3 is 10.6 Å². The van der Waals surface area contributed by atoms with Crippen molar-refractivity contribution in [1.29, 1.82) is 0 Å². The van der Waals surface area contributed by atoms with E-state index in [1.54, 1.807) is 0 Å². The Balaban J connectivity index is 1.58. The molecule has 0 aromatic rings. The molecule has 0 bridgehead atoms. The second-order valence-corrected chi connectivity index (χ2v) is 6.86. The fourth-order valence-electron chi connectivity index (χ4n) is 4.62. The topological polar surface area (TPSA) is 44.4 Å². The van der Waals surface area contributed by atoms with Crippen molar-refractivity contribution in [1.82, 2.24) is 15.5 Å². The van der Waals surface area contributed by atoms with Crippen LogP contribution in [0.25, 0.3) is 0 Å². The predicted octanol–water partition coefficient (Wildman–Crippen LogP) is 1.37. The lowest BCUT2D eigenvalue weighted by molar-refractivity contribution is -0.134. The first-order chi connectivity index (χ1) is 9.76. The summed E-state index contributed by atoms with van der Waals surface area (Å²) in [6.45, 7) is 7.31. The zero-order valence-electron chi connectivity index (χ0n) is 12.8. The summed E-state index contributed by atoms with van der Waals surface area (Å²) in [5.41, 5.74) is -0.0894. The van der Waals surface area contributed by atoms with E-state index in [1.807, 2.05) is 0 Å². The molecule has 1 amide bonds. The number of carbonyl (C=O) groups is 1. The lowest BCUT2D eigenvalue weighted by atomic mass is 9.67. The van der Waals surface area contributed by atoms with Crippen LogP contribution in [0.5, 0.6) is 0 Å². The van der Waals surface area contributed by atoms with Crippen molar-refractivity contribution in [2.75, 3.05) is 32.7 Å². The Labute approximate surface area is 122 Å². The van der Waals surface area contributed by atoms with Crippen molar-refractivity contribution in [2.45, 2.75) is 51.5 Å². The van der Waals surface area contributed by atoms with Gasteiger partial charge in [-0.3, -0.25) is 9.69 Å². The number of likely N-dealkylation sites (tertiary alicyclic amines) is 1. The van der Waals surface area contributed by atoms with E-state index < -0.39 is 0 Å². The second-order valence-electron chi connectivity index (χ2n) is 6.86. The van der Waals surface area contributed by atoms with Crippen LogP contribution < -0.4 is 10.6 Å². The number of nitrogens with one attached hydrogen (secondary N) is 2. The quantitative estimate of drug-likeness (QED) is 0.817. The third kappa shape index (κ3) is 2.48. The number of amides is 1. The summed E-state index contributed by atoms with van der Waals surface area (Å²) in [5, 5.41) is 6.76. The maximum atomic E-state index is 12.8. The smallest absolute Gasteiger partial charge is 0.227 e. The van der Waals surface area contributed by atoms with Crippen LogP contribution in [0.1, 0.15) is 45.4 Å². The van der Waals surface area contributed by atoms with Crippen molar-refractivity contribution in [3.8, 4) is 0 Å². The van der Waals surface area contributed by atoms with Crippen LogP contribution in [-0.2, 0) is 4.79 Å². The molecule has 0 radical (unpaired) electrons. The van der Waals surface area contributed by atoms with Crippen molar-refractivity contribution in [2.24, 2.45) is 11.3 Å². The Morgan fingerprint density at radius 1 is 1.35 bits per heavy atom. The Kier molecular flexibility index (Phi) is 4.32. The number of hydrogen-bond donors (Lipinski definition) is 2. The summed E-state index contributed by atoms with van der Waals surface area (Å²) in [4.78, 5) is 15.3. The summed E-state index contributed by atoms with van der Waals surface area (Å²) in [6.07, 6.45) is 7.35. The molecule has 0 aromatic heterocycles. The van der Waals surface area contributed by atoms with Crippen molar-refractivity contribution in [3.63, 3.8) is 0 Å². The van der Waals surface area contributed by atoms with Crippen molar-refractivity contribution in [3.05, 3.63) is 0 Å². The third-order valence-corrected chi connectivity index (χ3v) is 5.89. The monoisotopic (exact) mass is 279 g/mol. The van der Waals surface area contributed by atoms with Crippen LogP contribution in [-0.4, -0.2) is 49.6 Å². The number of rotatable bonds is 4. The molecule has 0 aromatic carbocycles. The molecule has 1 unspecified atom stereocenters. The van der Waals surface area contributed by atoms with Gasteiger partial charge in [0, 0.05) is 19.1 Å². The first kappa shape index (κ1) is 14.3. The van der Waals surface area contributed by atoms with Gasteiger partial charge in [-0.25, -0.2) is 0 Å². The molecule has 0 spiro atoms. The number of nitrogens with zero attached hydrogens (tertiary/aromatic N) is 1. The molecular weight excluding hydrogens is 250 g/mol. The van der Waals surface area contributed by atoms with E-state index >= 15 is 0 Å². The number of fused-ring (bicyclic) bond motifs is 1. The SMILES string of the molecule is CCN1CCCC1CNC(=O)[C@@]12CCCC[C@H]1CNC2. The molecule has 2 aliphatic heterocycles. The summed E-state index contributed by atoms with van der Waals surface area (Å²) in [7, 11) is 0. The van der Waals surface area contributed by atoms with Crippen LogP contribution >= 0.6 is 0 Å². The summed E-state index contributed by atoms with van der Waals surface area (Å²) in [6, 6.07) is 0.566. The van der Waals surface area contributed by atoms with Gasteiger partial charge in [0.2, 0.25) is 5.91 Å². The molecule has 1 aliphatic carbocycles. The van der Waals surface area contributed by atoms with E-state index in [4.69, 9.17) is 0 Å². The zero-order valence-corrected chi connectivity index (χ0v) is 12.8. The minimum Gasteiger partial charge on any atom is -0.354 e. The Bertz CT molecular complexity index is 360. The number of likely N-dealkylation sites (N-methyl/N-ethyl adjacent to an activating group) is 1. The first-order valence-electron chi connectivity index (χ1n) is 8.49. The van der Waals surface area contributed by atoms with E-state index in [0.29, 0.717) is 17.9 Å². The molecule has 3 aliphatic rings. The van der Waals surface area contributed by atoms with Gasteiger partial charge >= 0.3 is 0 Å². The second kappa shape index (κ2) is 6.02. The standard InChI is InChI=1S/C16H29N3O/c1-2-19-9-5-7-14(19)11-18-15(20)16-8-4-3-6-13(16)10-17-12-16/h13-14,17H,2-12H2,1H3,(H,18,20)/t13-,14?,16+/m0/s1. The molecule has 2 saturated heterocycles. The van der Waals surface area contributed by atoms with Gasteiger partial charge in [-0.15, -0.1) is 0 Å². The summed E-state index contributed by atoms with van der Waals surface area (Å²) < 4.78 is 0. The highest BCUT2D eigenvalue weighted by Gasteiger charge is 2.49. The molecule has 2 heterocycles. The van der Waals surface area contributed by atoms with Gasteiger partial charge in [0.1, 0.15) is 0 Å². The fraction of sp³-hybridized carbons (Fsp3) is 0.938. The molecule has 3 fully saturated rings. The molecule has 4 heteroatoms. The van der Waals surface area contributed by atoms with Crippen LogP contribution in [0.4, 0.5) is 0 Å². The van der Waals surface area contributed by atoms with E-state index in [2.05, 4.69) is 22.5 Å². The van der Waals surface area contributed by atoms with E-state index in [-0.39, 0.29) is 5.41 Å². The van der Waals surface area contributed by atoms with Gasteiger partial charge in [0.05, 0.1) is 5.41 Å². The predicted molar refractivity (Wildman–Crippen MR) is 80.5 cm³/mol. The van der Waals surface area contributed by atoms with Crippen LogP contribution in [0.3, 0.4) is 0 Å². The molecule has 3 rings (SSSR count). The van der Waals surface area contributed by atoms with Gasteiger partial charge in [-0.1, -0.05) is 19.8 Å². The highest BCUT2D eigenvalue weighted by atomic mass is 16.2. The molecular formula is C16H29N3O. The molecule has 114 valence electrons. The number of carbonyl (C=O) groups excluding carboxylic acids is 1. The molecule has 20 heavy (non-hydrogen) atoms. The van der Waals surface area contributed by atoms with Gasteiger partial charge in [-0.05, 0) is 51.2 Å². The molecule has 1 saturated carbocycles. The Morgan fingerprint density at radius 3 is 3.10 bits per heavy atom. The largest absolute Gasteiger partial charge is 0.354 e. The molecule has 4 nitrogen and oxygen atoms in total. The highest BCUT2D eigenvalue weighted by Crippen LogP contribution is 2.43. The maximum absolute atomic E-state index is 12.8. The summed E-state index contributed by atoms with van der Waals surface area (Å²) in [5.74, 6) is 0.900. The lowest BCUT2D eigenvalue weighted by Gasteiger charge is -2.37. The van der Waals surface area contributed by atoms with Gasteiger partial charge in [0.15, 0.2) is 0 Å². The molecule has 3 atom stereocenters. The average molecular weight is 279 g/mol. The zero-order chi connectivity index (χ0) is 14.0. The molecule has 2 N–H and O–H groups in total. The van der Waals surface area contributed by atoms with Gasteiger partial charge in [-0.2, -0.15) is 0 Å². The van der Waals surface area contributed by atoms with Crippen molar-refractivity contribution >= 4 is 5.91 Å². The normalized spacial score (nSPS) is 37.9. The minimum absolute atomic E-state index is 0.0894. The Hall–Kier alpha value is -0.610. The first-order valence-corrected chi connectivity index (χ1v) is 8.49. The number of hydrogen-bond acceptors (Lipinski definition) is 3. The van der Waals surface area contributed by atoms with Crippen LogP contribution in [0, 0.1) is 11.3 Å². The fourth-order valence-corrected chi connectivity index (χ4v) is 4.62.